The van der Waals surface area contributed by atoms with Gasteiger partial charge in [-0.3, -0.25) is 0 Å². The van der Waals surface area contributed by atoms with Crippen LogP contribution in [0.1, 0.15) is 11.1 Å². The van der Waals surface area contributed by atoms with Gasteiger partial charge in [0, 0.05) is 0 Å². The molecule has 0 aliphatic rings. The number of nitrogens with zero attached hydrogens (tertiary/aromatic N) is 4. The van der Waals surface area contributed by atoms with Crippen molar-refractivity contribution in [2.24, 2.45) is 5.10 Å². The second-order valence-electron chi connectivity index (χ2n) is 5.51. The van der Waals surface area contributed by atoms with E-state index in [1.165, 1.54) is 22.9 Å². The van der Waals surface area contributed by atoms with Gasteiger partial charge in [0.25, 0.3) is 0 Å². The van der Waals surface area contributed by atoms with Crippen LogP contribution in [-0.4, -0.2) is 41.4 Å². The molecule has 0 aliphatic heterocycles. The van der Waals surface area contributed by atoms with Gasteiger partial charge in [0.1, 0.15) is 31.6 Å². The standard InChI is InChI=1S/C19H20N4O3/c1-15-3-6-17(7-4-15)25-9-10-26-18-8-5-16(11-19(18)24-2)12-22-23-13-20-21-14-23/h3-8,11-14H,9-10H2,1-2H3/b22-12+. The lowest BCUT2D eigenvalue weighted by Crippen LogP contribution is -2.09. The fourth-order valence-electron chi connectivity index (χ4n) is 2.22. The number of methoxy groups -OCH3 is 1. The van der Waals surface area contributed by atoms with Crippen molar-refractivity contribution in [3.63, 3.8) is 0 Å². The molecule has 3 aromatic rings. The first-order valence-corrected chi connectivity index (χ1v) is 8.14. The predicted octanol–water partition coefficient (Wildman–Crippen LogP) is 2.94. The Kier molecular flexibility index (Phi) is 5.82. The second kappa shape index (κ2) is 8.66. The molecule has 0 saturated carbocycles. The van der Waals surface area contributed by atoms with Crippen molar-refractivity contribution in [2.45, 2.75) is 6.92 Å². The van der Waals surface area contributed by atoms with Crippen LogP contribution in [0, 0.1) is 6.92 Å². The third-order valence-electron chi connectivity index (χ3n) is 3.56. The van der Waals surface area contributed by atoms with Crippen LogP contribution in [0.5, 0.6) is 17.2 Å². The molecule has 1 aromatic heterocycles. The molecular weight excluding hydrogens is 332 g/mol. The molecule has 7 heteroatoms. The summed E-state index contributed by atoms with van der Waals surface area (Å²) in [4.78, 5) is 0. The fraction of sp³-hybridized carbons (Fsp3) is 0.211. The van der Waals surface area contributed by atoms with Gasteiger partial charge in [-0.2, -0.15) is 5.10 Å². The molecule has 2 aromatic carbocycles. The summed E-state index contributed by atoms with van der Waals surface area (Å²) in [5, 5.41) is 11.6. The Morgan fingerprint density at radius 3 is 2.42 bits per heavy atom. The Bertz CT molecular complexity index is 846. The molecule has 0 fully saturated rings. The lowest BCUT2D eigenvalue weighted by molar-refractivity contribution is 0.211. The van der Waals surface area contributed by atoms with Gasteiger partial charge in [0.05, 0.1) is 13.3 Å². The maximum atomic E-state index is 5.76. The molecule has 26 heavy (non-hydrogen) atoms. The molecule has 0 atom stereocenters. The summed E-state index contributed by atoms with van der Waals surface area (Å²) in [7, 11) is 1.60. The van der Waals surface area contributed by atoms with E-state index in [0.717, 1.165) is 11.3 Å². The number of hydrogen-bond donors (Lipinski definition) is 0. The molecule has 1 heterocycles. The van der Waals surface area contributed by atoms with Gasteiger partial charge in [-0.1, -0.05) is 17.7 Å². The smallest absolute Gasteiger partial charge is 0.161 e. The van der Waals surface area contributed by atoms with Crippen molar-refractivity contribution in [1.29, 1.82) is 0 Å². The Hall–Kier alpha value is -3.35. The average molecular weight is 352 g/mol. The number of aromatic nitrogens is 3. The van der Waals surface area contributed by atoms with Crippen LogP contribution < -0.4 is 14.2 Å². The highest BCUT2D eigenvalue weighted by Crippen LogP contribution is 2.27. The van der Waals surface area contributed by atoms with Crippen LogP contribution in [0.15, 0.2) is 60.2 Å². The minimum Gasteiger partial charge on any atom is -0.493 e. The summed E-state index contributed by atoms with van der Waals surface area (Å²) < 4.78 is 18.3. The highest BCUT2D eigenvalue weighted by molar-refractivity contribution is 5.80. The minimum atomic E-state index is 0.415. The lowest BCUT2D eigenvalue weighted by atomic mass is 10.2. The van der Waals surface area contributed by atoms with Crippen LogP contribution in [0.2, 0.25) is 0 Å². The van der Waals surface area contributed by atoms with E-state index in [0.29, 0.717) is 24.7 Å². The number of hydrogen-bond acceptors (Lipinski definition) is 6. The molecule has 0 amide bonds. The normalized spacial score (nSPS) is 10.8. The average Bonchev–Trinajstić information content (AvgIpc) is 3.19. The molecule has 0 saturated heterocycles. The molecule has 7 nitrogen and oxygen atoms in total. The SMILES string of the molecule is COc1cc(/C=N/n2cnnc2)ccc1OCCOc1ccc(C)cc1. The van der Waals surface area contributed by atoms with Gasteiger partial charge in [-0.05, 0) is 42.8 Å². The van der Waals surface area contributed by atoms with Crippen LogP contribution in [0.3, 0.4) is 0 Å². The van der Waals surface area contributed by atoms with Crippen LogP contribution in [0.25, 0.3) is 0 Å². The lowest BCUT2D eigenvalue weighted by Gasteiger charge is -2.12. The first kappa shape index (κ1) is 17.5. The van der Waals surface area contributed by atoms with E-state index in [-0.39, 0.29) is 0 Å². The summed E-state index contributed by atoms with van der Waals surface area (Å²) in [5.74, 6) is 2.11. The summed E-state index contributed by atoms with van der Waals surface area (Å²) in [6.07, 6.45) is 4.72. The number of benzene rings is 2. The van der Waals surface area contributed by atoms with Crippen molar-refractivity contribution in [3.8, 4) is 17.2 Å². The van der Waals surface area contributed by atoms with E-state index >= 15 is 0 Å². The van der Waals surface area contributed by atoms with E-state index in [1.807, 2.05) is 49.4 Å². The fourth-order valence-corrected chi connectivity index (χ4v) is 2.22. The van der Waals surface area contributed by atoms with Gasteiger partial charge in [0.2, 0.25) is 0 Å². The highest BCUT2D eigenvalue weighted by atomic mass is 16.5. The van der Waals surface area contributed by atoms with E-state index < -0.39 is 0 Å². The maximum Gasteiger partial charge on any atom is 0.161 e. The van der Waals surface area contributed by atoms with E-state index in [2.05, 4.69) is 15.3 Å². The largest absolute Gasteiger partial charge is 0.493 e. The summed E-state index contributed by atoms with van der Waals surface area (Å²) in [6, 6.07) is 13.5. The highest BCUT2D eigenvalue weighted by Gasteiger charge is 2.05. The zero-order valence-corrected chi connectivity index (χ0v) is 14.7. The molecule has 0 unspecified atom stereocenters. The monoisotopic (exact) mass is 352 g/mol. The molecule has 134 valence electrons. The Labute approximate surface area is 151 Å². The van der Waals surface area contributed by atoms with Crippen molar-refractivity contribution < 1.29 is 14.2 Å². The van der Waals surface area contributed by atoms with Crippen LogP contribution >= 0.6 is 0 Å². The first-order chi connectivity index (χ1) is 12.7. The topological polar surface area (TPSA) is 70.8 Å². The van der Waals surface area contributed by atoms with Crippen molar-refractivity contribution in [1.82, 2.24) is 14.9 Å². The van der Waals surface area contributed by atoms with Gasteiger partial charge in [-0.25, -0.2) is 4.68 Å². The van der Waals surface area contributed by atoms with E-state index in [9.17, 15) is 0 Å². The van der Waals surface area contributed by atoms with Gasteiger partial charge in [-0.15, -0.1) is 10.2 Å². The molecular formula is C19H20N4O3. The maximum absolute atomic E-state index is 5.76. The van der Waals surface area contributed by atoms with Gasteiger partial charge < -0.3 is 14.2 Å². The number of aryl methyl sites for hydroxylation is 1. The zero-order chi connectivity index (χ0) is 18.2. The summed E-state index contributed by atoms with van der Waals surface area (Å²) in [6.45, 7) is 2.90. The van der Waals surface area contributed by atoms with E-state index in [1.54, 1.807) is 13.3 Å². The summed E-state index contributed by atoms with van der Waals surface area (Å²) in [5.41, 5.74) is 2.07. The van der Waals surface area contributed by atoms with Gasteiger partial charge in [0.15, 0.2) is 11.5 Å². The molecule has 0 radical (unpaired) electrons. The number of ether oxygens (including phenoxy) is 3. The van der Waals surface area contributed by atoms with E-state index in [4.69, 9.17) is 14.2 Å². The quantitative estimate of drug-likeness (QED) is 0.460. The Morgan fingerprint density at radius 2 is 1.69 bits per heavy atom. The second-order valence-corrected chi connectivity index (χ2v) is 5.51. The van der Waals surface area contributed by atoms with Crippen LogP contribution in [0.4, 0.5) is 0 Å². The molecule has 0 bridgehead atoms. The minimum absolute atomic E-state index is 0.415. The molecule has 0 aliphatic carbocycles. The third-order valence-corrected chi connectivity index (χ3v) is 3.56. The Balaban J connectivity index is 1.54. The van der Waals surface area contributed by atoms with Gasteiger partial charge >= 0.3 is 0 Å². The summed E-state index contributed by atoms with van der Waals surface area (Å²) >= 11 is 0. The van der Waals surface area contributed by atoms with Crippen LogP contribution in [-0.2, 0) is 0 Å². The molecule has 3 rings (SSSR count). The van der Waals surface area contributed by atoms with Crippen molar-refractivity contribution in [3.05, 3.63) is 66.2 Å². The third kappa shape index (κ3) is 4.83. The molecule has 0 N–H and O–H groups in total. The molecule has 0 spiro atoms. The Morgan fingerprint density at radius 1 is 0.962 bits per heavy atom. The van der Waals surface area contributed by atoms with Crippen molar-refractivity contribution >= 4 is 6.21 Å². The predicted molar refractivity (Wildman–Crippen MR) is 98.2 cm³/mol. The zero-order valence-electron chi connectivity index (χ0n) is 14.7. The van der Waals surface area contributed by atoms with Crippen molar-refractivity contribution in [2.75, 3.05) is 20.3 Å². The number of rotatable bonds is 8. The first-order valence-electron chi connectivity index (χ1n) is 8.14.